The summed E-state index contributed by atoms with van der Waals surface area (Å²) in [6.07, 6.45) is 0.715. The fourth-order valence-corrected chi connectivity index (χ4v) is 0.141. The van der Waals surface area contributed by atoms with Crippen LogP contribution in [0.3, 0.4) is 0 Å². The Morgan fingerprint density at radius 3 is 1.70 bits per heavy atom. The van der Waals surface area contributed by atoms with Crippen LogP contribution in [0.5, 0.6) is 0 Å². The number of hydrogen-bond donors (Lipinski definition) is 1. The molecule has 1 rings (SSSR count). The minimum atomic E-state index is -3.67. The molecule has 0 bridgehead atoms. The lowest BCUT2D eigenvalue weighted by molar-refractivity contribution is 0.490. The maximum absolute atomic E-state index is 9.19. The van der Waals surface area contributed by atoms with Gasteiger partial charge in [0.05, 0.1) is 6.26 Å². The van der Waals surface area contributed by atoms with Gasteiger partial charge in [-0.3, -0.25) is 4.55 Å². The van der Waals surface area contributed by atoms with E-state index >= 15 is 0 Å². The van der Waals surface area contributed by atoms with Gasteiger partial charge in [0, 0.05) is 0 Å². The number of hydrogen-bond acceptors (Lipinski definition) is 6. The van der Waals surface area contributed by atoms with E-state index in [1.165, 1.54) is 0 Å². The fourth-order valence-electron chi connectivity index (χ4n) is 0.141. The monoisotopic (exact) mass is 166 g/mol. The topological polar surface area (TPSA) is 104 Å². The largest absolute Gasteiger partial charge is 0.286 e. The highest BCUT2D eigenvalue weighted by atomic mass is 32.2. The van der Waals surface area contributed by atoms with Crippen molar-refractivity contribution in [2.24, 2.45) is 20.7 Å². The molecule has 0 aromatic heterocycles. The highest BCUT2D eigenvalue weighted by molar-refractivity contribution is 7.85. The van der Waals surface area contributed by atoms with Crippen LogP contribution in [0, 0.1) is 0 Å². The van der Waals surface area contributed by atoms with Crippen molar-refractivity contribution >= 4 is 10.1 Å². The molecule has 1 N–H and O–H groups in total. The molecular formula is C2H6N4O3S. The van der Waals surface area contributed by atoms with Crippen molar-refractivity contribution in [2.45, 2.75) is 0 Å². The molecule has 0 atom stereocenters. The molecule has 0 aromatic rings. The maximum Gasteiger partial charge on any atom is 0.261 e. The van der Waals surface area contributed by atoms with Crippen molar-refractivity contribution in [2.75, 3.05) is 12.9 Å². The van der Waals surface area contributed by atoms with Gasteiger partial charge in [0.15, 0.2) is 6.67 Å². The Kier molecular flexibility index (Phi) is 3.65. The summed E-state index contributed by atoms with van der Waals surface area (Å²) >= 11 is 0. The Morgan fingerprint density at radius 2 is 1.60 bits per heavy atom. The molecule has 0 unspecified atom stereocenters. The smallest absolute Gasteiger partial charge is 0.261 e. The maximum atomic E-state index is 9.19. The predicted molar refractivity (Wildman–Crippen MR) is 32.1 cm³/mol. The highest BCUT2D eigenvalue weighted by Gasteiger charge is 1.81. The first-order chi connectivity index (χ1) is 4.50. The summed E-state index contributed by atoms with van der Waals surface area (Å²) in [5.41, 5.74) is 0. The van der Waals surface area contributed by atoms with Crippen LogP contribution in [0.1, 0.15) is 0 Å². The van der Waals surface area contributed by atoms with Gasteiger partial charge >= 0.3 is 0 Å². The summed E-state index contributed by atoms with van der Waals surface area (Å²) in [6, 6.07) is 0. The Balaban J connectivity index is 0.000000162. The Bertz CT molecular complexity index is 211. The van der Waals surface area contributed by atoms with Crippen molar-refractivity contribution in [1.29, 1.82) is 0 Å². The third-order valence-electron chi connectivity index (χ3n) is 0.293. The van der Waals surface area contributed by atoms with E-state index in [4.69, 9.17) is 4.55 Å². The van der Waals surface area contributed by atoms with Gasteiger partial charge in [-0.25, -0.2) is 0 Å². The van der Waals surface area contributed by atoms with E-state index in [-0.39, 0.29) is 0 Å². The minimum absolute atomic E-state index is 0.417. The van der Waals surface area contributed by atoms with Crippen LogP contribution in [0.15, 0.2) is 20.7 Å². The van der Waals surface area contributed by atoms with Crippen LogP contribution in [0.4, 0.5) is 0 Å². The summed E-state index contributed by atoms with van der Waals surface area (Å²) in [6.45, 7) is 0.417. The Hall–Kier alpha value is -0.890. The van der Waals surface area contributed by atoms with E-state index in [0.717, 1.165) is 0 Å². The summed E-state index contributed by atoms with van der Waals surface area (Å²) in [5, 5.41) is 13.1. The zero-order valence-corrected chi connectivity index (χ0v) is 5.98. The molecule has 0 radical (unpaired) electrons. The molecule has 58 valence electrons. The average molecular weight is 166 g/mol. The van der Waals surface area contributed by atoms with Crippen LogP contribution in [-0.4, -0.2) is 25.9 Å². The van der Waals surface area contributed by atoms with Gasteiger partial charge < -0.3 is 0 Å². The molecule has 0 saturated heterocycles. The molecule has 0 amide bonds. The van der Waals surface area contributed by atoms with Gasteiger partial charge in [0.1, 0.15) is 0 Å². The molecule has 8 heteroatoms. The van der Waals surface area contributed by atoms with E-state index < -0.39 is 10.1 Å². The molecule has 0 spiro atoms. The molecule has 7 nitrogen and oxygen atoms in total. The Labute approximate surface area is 57.6 Å². The van der Waals surface area contributed by atoms with E-state index in [2.05, 4.69) is 20.7 Å². The first-order valence-electron chi connectivity index (χ1n) is 2.16. The summed E-state index contributed by atoms with van der Waals surface area (Å²) in [7, 11) is -3.67. The molecule has 0 fully saturated rings. The third kappa shape index (κ3) is 15.7. The van der Waals surface area contributed by atoms with Gasteiger partial charge in [-0.2, -0.15) is 8.42 Å². The van der Waals surface area contributed by atoms with Gasteiger partial charge in [-0.05, 0) is 10.4 Å². The van der Waals surface area contributed by atoms with Gasteiger partial charge in [0.25, 0.3) is 10.1 Å². The molecule has 1 aliphatic rings. The summed E-state index contributed by atoms with van der Waals surface area (Å²) in [4.78, 5) is 0. The molecule has 1 aliphatic heterocycles. The highest BCUT2D eigenvalue weighted by Crippen LogP contribution is 1.87. The molecule has 0 aliphatic carbocycles. The van der Waals surface area contributed by atoms with Crippen LogP contribution in [0.2, 0.25) is 0 Å². The fraction of sp³-hybridized carbons (Fsp3) is 1.00. The van der Waals surface area contributed by atoms with E-state index in [9.17, 15) is 8.42 Å². The molecular weight excluding hydrogens is 160 g/mol. The summed E-state index contributed by atoms with van der Waals surface area (Å²) < 4.78 is 25.9. The van der Waals surface area contributed by atoms with E-state index in [0.29, 0.717) is 12.9 Å². The zero-order chi connectivity index (χ0) is 8.04. The second-order valence-corrected chi connectivity index (χ2v) is 2.80. The number of nitrogens with zero attached hydrogens (tertiary/aromatic N) is 4. The van der Waals surface area contributed by atoms with Crippen LogP contribution < -0.4 is 0 Å². The van der Waals surface area contributed by atoms with Crippen molar-refractivity contribution < 1.29 is 13.0 Å². The predicted octanol–water partition coefficient (Wildman–Crippen LogP) is 0.281. The summed E-state index contributed by atoms with van der Waals surface area (Å²) in [5.74, 6) is 0. The quantitative estimate of drug-likeness (QED) is 0.522. The second-order valence-electron chi connectivity index (χ2n) is 1.34. The first kappa shape index (κ1) is 9.11. The standard InChI is InChI=1S/CH2N4.CH4O3S/c1-2-4-5-3-1;1-5(2,3)4/h1H2;1H3,(H,2,3,4). The van der Waals surface area contributed by atoms with Crippen LogP contribution in [0.25, 0.3) is 0 Å². The lowest BCUT2D eigenvalue weighted by Gasteiger charge is -1.69. The van der Waals surface area contributed by atoms with Crippen LogP contribution in [-0.2, 0) is 10.1 Å². The van der Waals surface area contributed by atoms with E-state index in [1.807, 2.05) is 0 Å². The lowest BCUT2D eigenvalue weighted by atomic mass is 11.2. The molecule has 1 heterocycles. The SMILES string of the molecule is C1N=NN=N1.CS(=O)(=O)O. The average Bonchev–Trinajstić information content (AvgIpc) is 2.07. The second kappa shape index (κ2) is 4.01. The zero-order valence-electron chi connectivity index (χ0n) is 5.17. The van der Waals surface area contributed by atoms with Gasteiger partial charge in [-0.15, -0.1) is 10.2 Å². The third-order valence-corrected chi connectivity index (χ3v) is 0.293. The van der Waals surface area contributed by atoms with Crippen molar-refractivity contribution in [3.8, 4) is 0 Å². The lowest BCUT2D eigenvalue weighted by Crippen LogP contribution is -1.88. The van der Waals surface area contributed by atoms with Crippen LogP contribution >= 0.6 is 0 Å². The molecule has 0 aromatic carbocycles. The van der Waals surface area contributed by atoms with Gasteiger partial charge in [-0.1, -0.05) is 0 Å². The van der Waals surface area contributed by atoms with Crippen molar-refractivity contribution in [3.63, 3.8) is 0 Å². The first-order valence-corrected chi connectivity index (χ1v) is 4.00. The van der Waals surface area contributed by atoms with Crippen molar-refractivity contribution in [3.05, 3.63) is 0 Å². The Morgan fingerprint density at radius 1 is 1.30 bits per heavy atom. The van der Waals surface area contributed by atoms with E-state index in [1.54, 1.807) is 0 Å². The normalized spacial score (nSPS) is 14.6. The number of rotatable bonds is 0. The van der Waals surface area contributed by atoms with Gasteiger partial charge in [0.2, 0.25) is 0 Å². The minimum Gasteiger partial charge on any atom is -0.286 e. The van der Waals surface area contributed by atoms with Crippen molar-refractivity contribution in [1.82, 2.24) is 0 Å². The molecule has 10 heavy (non-hydrogen) atoms. The molecule has 0 saturated carbocycles.